The van der Waals surface area contributed by atoms with Crippen molar-refractivity contribution in [3.63, 3.8) is 0 Å². The van der Waals surface area contributed by atoms with E-state index in [1.165, 1.54) is 0 Å². The van der Waals surface area contributed by atoms with Gasteiger partial charge in [-0.3, -0.25) is 9.69 Å². The summed E-state index contributed by atoms with van der Waals surface area (Å²) in [5, 5.41) is 7.52. The van der Waals surface area contributed by atoms with Crippen molar-refractivity contribution in [2.45, 2.75) is 25.8 Å². The molecule has 0 unspecified atom stereocenters. The van der Waals surface area contributed by atoms with E-state index in [1.807, 2.05) is 31.2 Å². The minimum Gasteiger partial charge on any atom is -0.465 e. The van der Waals surface area contributed by atoms with Gasteiger partial charge in [0.05, 0.1) is 6.04 Å². The van der Waals surface area contributed by atoms with Gasteiger partial charge in [-0.25, -0.2) is 0 Å². The second kappa shape index (κ2) is 8.20. The minimum absolute atomic E-state index is 0.0165. The maximum atomic E-state index is 12.6. The minimum atomic E-state index is -0.267. The summed E-state index contributed by atoms with van der Waals surface area (Å²) in [6.07, 6.45) is 2.33. The molecule has 3 aromatic rings. The van der Waals surface area contributed by atoms with Gasteiger partial charge in [-0.05, 0) is 69.3 Å². The van der Waals surface area contributed by atoms with E-state index >= 15 is 0 Å². The Morgan fingerprint density at radius 2 is 1.96 bits per heavy atom. The highest BCUT2D eigenvalue weighted by atomic mass is 35.5. The molecule has 0 saturated carbocycles. The van der Waals surface area contributed by atoms with Crippen LogP contribution in [0.1, 0.15) is 40.9 Å². The molecule has 1 saturated heterocycles. The Bertz CT molecular complexity index is 942. The number of rotatable bonds is 6. The molecule has 1 N–H and O–H groups in total. The number of halogens is 1. The number of furan rings is 1. The number of nitrogens with zero attached hydrogens (tertiary/aromatic N) is 2. The normalized spacial score (nSPS) is 15.6. The molecule has 1 amide bonds. The van der Waals surface area contributed by atoms with Crippen LogP contribution in [-0.4, -0.2) is 35.6 Å². The second-order valence-corrected chi connectivity index (χ2v) is 7.44. The van der Waals surface area contributed by atoms with Gasteiger partial charge in [-0.15, -0.1) is 0 Å². The van der Waals surface area contributed by atoms with E-state index in [4.69, 9.17) is 20.5 Å². The van der Waals surface area contributed by atoms with Crippen molar-refractivity contribution < 1.29 is 13.7 Å². The second-order valence-electron chi connectivity index (χ2n) is 7.00. The van der Waals surface area contributed by atoms with Crippen molar-refractivity contribution >= 4 is 17.5 Å². The van der Waals surface area contributed by atoms with E-state index in [-0.39, 0.29) is 17.6 Å². The van der Waals surface area contributed by atoms with Gasteiger partial charge in [0.25, 0.3) is 5.91 Å². The highest BCUT2D eigenvalue weighted by Gasteiger charge is 2.27. The standard InChI is InChI=1S/C21H22ClN3O3/c1-14-4-9-19(27-14)18(25-10-2-3-11-25)13-23-21(26)17-12-20(28-24-17)15-5-7-16(22)8-6-15/h4-9,12,18H,2-3,10-11,13H2,1H3,(H,23,26)/t18-/m0/s1. The number of likely N-dealkylation sites (tertiary alicyclic amines) is 1. The molecule has 0 aliphatic carbocycles. The van der Waals surface area contributed by atoms with Gasteiger partial charge in [0.1, 0.15) is 11.5 Å². The van der Waals surface area contributed by atoms with Crippen molar-refractivity contribution in [2.75, 3.05) is 19.6 Å². The fraction of sp³-hybridized carbons (Fsp3) is 0.333. The van der Waals surface area contributed by atoms with Crippen molar-refractivity contribution in [3.05, 3.63) is 64.7 Å². The molecule has 1 aliphatic heterocycles. The Kier molecular flexibility index (Phi) is 5.50. The molecular weight excluding hydrogens is 378 g/mol. The summed E-state index contributed by atoms with van der Waals surface area (Å²) < 4.78 is 11.2. The first-order valence-corrected chi connectivity index (χ1v) is 9.79. The third-order valence-corrected chi connectivity index (χ3v) is 5.25. The predicted molar refractivity (Wildman–Crippen MR) is 106 cm³/mol. The van der Waals surface area contributed by atoms with Crippen molar-refractivity contribution in [1.82, 2.24) is 15.4 Å². The van der Waals surface area contributed by atoms with E-state index in [2.05, 4.69) is 15.4 Å². The van der Waals surface area contributed by atoms with Crippen LogP contribution in [0.15, 0.2) is 51.4 Å². The van der Waals surface area contributed by atoms with Crippen LogP contribution in [0, 0.1) is 6.92 Å². The van der Waals surface area contributed by atoms with Gasteiger partial charge >= 0.3 is 0 Å². The zero-order valence-electron chi connectivity index (χ0n) is 15.7. The first-order chi connectivity index (χ1) is 13.6. The summed E-state index contributed by atoms with van der Waals surface area (Å²) in [6.45, 7) is 4.39. The van der Waals surface area contributed by atoms with E-state index in [0.717, 1.165) is 43.0 Å². The third kappa shape index (κ3) is 4.13. The van der Waals surface area contributed by atoms with Gasteiger partial charge < -0.3 is 14.3 Å². The number of hydrogen-bond acceptors (Lipinski definition) is 5. The molecule has 6 nitrogen and oxygen atoms in total. The molecular formula is C21H22ClN3O3. The Morgan fingerprint density at radius 1 is 1.21 bits per heavy atom. The first-order valence-electron chi connectivity index (χ1n) is 9.41. The zero-order valence-corrected chi connectivity index (χ0v) is 16.4. The van der Waals surface area contributed by atoms with Crippen LogP contribution in [0.5, 0.6) is 0 Å². The predicted octanol–water partition coefficient (Wildman–Crippen LogP) is 4.46. The number of aromatic nitrogens is 1. The highest BCUT2D eigenvalue weighted by Crippen LogP contribution is 2.26. The largest absolute Gasteiger partial charge is 0.465 e. The molecule has 3 heterocycles. The van der Waals surface area contributed by atoms with Crippen LogP contribution in [-0.2, 0) is 0 Å². The van der Waals surface area contributed by atoms with E-state index in [9.17, 15) is 4.79 Å². The molecule has 1 atom stereocenters. The first kappa shape index (κ1) is 18.8. The molecule has 28 heavy (non-hydrogen) atoms. The molecule has 1 fully saturated rings. The average molecular weight is 400 g/mol. The SMILES string of the molecule is Cc1ccc([C@H](CNC(=O)c2cc(-c3ccc(Cl)cc3)on2)N2CCCC2)o1. The Morgan fingerprint density at radius 3 is 2.64 bits per heavy atom. The fourth-order valence-electron chi connectivity index (χ4n) is 3.51. The number of hydrogen-bond donors (Lipinski definition) is 1. The number of benzene rings is 1. The van der Waals surface area contributed by atoms with E-state index < -0.39 is 0 Å². The zero-order chi connectivity index (χ0) is 19.5. The topological polar surface area (TPSA) is 71.5 Å². The lowest BCUT2D eigenvalue weighted by Gasteiger charge is -2.25. The van der Waals surface area contributed by atoms with Gasteiger partial charge in [0.2, 0.25) is 0 Å². The molecule has 1 aromatic carbocycles. The lowest BCUT2D eigenvalue weighted by atomic mass is 10.1. The lowest BCUT2D eigenvalue weighted by molar-refractivity contribution is 0.0924. The summed E-state index contributed by atoms with van der Waals surface area (Å²) in [4.78, 5) is 14.9. The monoisotopic (exact) mass is 399 g/mol. The molecule has 0 bridgehead atoms. The van der Waals surface area contributed by atoms with Gasteiger partial charge in [0.15, 0.2) is 11.5 Å². The quantitative estimate of drug-likeness (QED) is 0.662. The summed E-state index contributed by atoms with van der Waals surface area (Å²) >= 11 is 5.91. The van der Waals surface area contributed by atoms with Gasteiger partial charge in [-0.1, -0.05) is 16.8 Å². The maximum Gasteiger partial charge on any atom is 0.273 e. The fourth-order valence-corrected chi connectivity index (χ4v) is 3.63. The molecule has 0 radical (unpaired) electrons. The molecule has 146 valence electrons. The molecule has 0 spiro atoms. The molecule has 1 aliphatic rings. The van der Waals surface area contributed by atoms with Crippen LogP contribution in [0.3, 0.4) is 0 Å². The van der Waals surface area contributed by atoms with Gasteiger partial charge in [-0.2, -0.15) is 0 Å². The van der Waals surface area contributed by atoms with Crippen LogP contribution >= 0.6 is 11.6 Å². The highest BCUT2D eigenvalue weighted by molar-refractivity contribution is 6.30. The van der Waals surface area contributed by atoms with E-state index in [0.29, 0.717) is 17.3 Å². The van der Waals surface area contributed by atoms with E-state index in [1.54, 1.807) is 18.2 Å². The summed E-state index contributed by atoms with van der Waals surface area (Å²) in [5.41, 5.74) is 1.07. The molecule has 4 rings (SSSR count). The Balaban J connectivity index is 1.44. The Labute approximate surface area is 168 Å². The molecule has 7 heteroatoms. The summed E-state index contributed by atoms with van der Waals surface area (Å²) in [5.74, 6) is 2.01. The summed E-state index contributed by atoms with van der Waals surface area (Å²) in [6, 6.07) is 12.8. The summed E-state index contributed by atoms with van der Waals surface area (Å²) in [7, 11) is 0. The van der Waals surface area contributed by atoms with Crippen molar-refractivity contribution in [1.29, 1.82) is 0 Å². The number of nitrogens with one attached hydrogen (secondary N) is 1. The van der Waals surface area contributed by atoms with Crippen LogP contribution < -0.4 is 5.32 Å². The van der Waals surface area contributed by atoms with Gasteiger partial charge in [0, 0.05) is 23.2 Å². The maximum absolute atomic E-state index is 12.6. The smallest absolute Gasteiger partial charge is 0.273 e. The third-order valence-electron chi connectivity index (χ3n) is 5.00. The Hall–Kier alpha value is -2.57. The number of carbonyl (C=O) groups excluding carboxylic acids is 1. The number of amides is 1. The van der Waals surface area contributed by atoms with Crippen LogP contribution in [0.4, 0.5) is 0 Å². The number of aryl methyl sites for hydroxylation is 1. The molecule has 2 aromatic heterocycles. The van der Waals surface area contributed by atoms with Crippen LogP contribution in [0.2, 0.25) is 5.02 Å². The lowest BCUT2D eigenvalue weighted by Crippen LogP contribution is -2.36. The van der Waals surface area contributed by atoms with Crippen molar-refractivity contribution in [2.24, 2.45) is 0 Å². The number of carbonyl (C=O) groups is 1. The van der Waals surface area contributed by atoms with Crippen molar-refractivity contribution in [3.8, 4) is 11.3 Å². The average Bonchev–Trinajstić information content (AvgIpc) is 3.44. The van der Waals surface area contributed by atoms with Crippen LogP contribution in [0.25, 0.3) is 11.3 Å².